The molecule has 0 atom stereocenters. The summed E-state index contributed by atoms with van der Waals surface area (Å²) in [6.45, 7) is 2.85. The molecule has 1 aromatic heterocycles. The number of anilines is 3. The van der Waals surface area contributed by atoms with Crippen molar-refractivity contribution in [2.75, 3.05) is 23.7 Å². The molecular weight excluding hydrogens is 390 g/mol. The van der Waals surface area contributed by atoms with Crippen LogP contribution in [0.25, 0.3) is 11.3 Å². The molecule has 1 aliphatic heterocycles. The molecule has 3 aromatic rings. The van der Waals surface area contributed by atoms with Gasteiger partial charge < -0.3 is 15.5 Å². The third kappa shape index (κ3) is 5.25. The van der Waals surface area contributed by atoms with E-state index in [0.29, 0.717) is 31.7 Å². The number of nitrogens with one attached hydrogen (secondary N) is 2. The maximum atomic E-state index is 12.5. The number of benzene rings is 2. The fourth-order valence-corrected chi connectivity index (χ4v) is 3.68. The van der Waals surface area contributed by atoms with Gasteiger partial charge in [0.2, 0.25) is 11.8 Å². The maximum Gasteiger partial charge on any atom is 0.227 e. The second-order valence-electron chi connectivity index (χ2n) is 7.63. The van der Waals surface area contributed by atoms with Gasteiger partial charge in [0, 0.05) is 48.9 Å². The minimum atomic E-state index is -0.0640. The number of hydrogen-bond acceptors (Lipinski definition) is 5. The maximum absolute atomic E-state index is 12.5. The number of hydrogen-bond donors (Lipinski definition) is 2. The highest BCUT2D eigenvalue weighted by Gasteiger charge is 2.25. The van der Waals surface area contributed by atoms with Crippen molar-refractivity contribution in [1.82, 2.24) is 14.9 Å². The van der Waals surface area contributed by atoms with Gasteiger partial charge in [-0.25, -0.2) is 9.97 Å². The number of carbonyl (C=O) groups excluding carboxylic acids is 2. The van der Waals surface area contributed by atoms with Crippen LogP contribution in [0.3, 0.4) is 0 Å². The normalized spacial score (nSPS) is 14.2. The Balaban J connectivity index is 1.35. The van der Waals surface area contributed by atoms with Crippen molar-refractivity contribution < 1.29 is 9.59 Å². The van der Waals surface area contributed by atoms with Crippen LogP contribution >= 0.6 is 0 Å². The monoisotopic (exact) mass is 415 g/mol. The molecule has 2 amide bonds. The van der Waals surface area contributed by atoms with Crippen LogP contribution in [-0.2, 0) is 9.59 Å². The van der Waals surface area contributed by atoms with E-state index in [1.807, 2.05) is 60.7 Å². The number of nitrogens with zero attached hydrogens (tertiary/aromatic N) is 3. The predicted octanol–water partition coefficient (Wildman–Crippen LogP) is 4.08. The molecule has 1 aliphatic rings. The molecular formula is C24H25N5O2. The SMILES string of the molecule is CC(=O)N1CCC(C(=O)Nc2ccc(Nc3cc(-c4ccccc4)ncn3)cc2)CC1. The summed E-state index contributed by atoms with van der Waals surface area (Å²) in [5.74, 6) is 0.711. The molecule has 0 radical (unpaired) electrons. The first-order chi connectivity index (χ1) is 15.1. The summed E-state index contributed by atoms with van der Waals surface area (Å²) in [4.78, 5) is 34.4. The van der Waals surface area contributed by atoms with Crippen molar-refractivity contribution >= 4 is 29.0 Å². The lowest BCUT2D eigenvalue weighted by atomic mass is 9.96. The van der Waals surface area contributed by atoms with Gasteiger partial charge in [-0.15, -0.1) is 0 Å². The number of likely N-dealkylation sites (tertiary alicyclic amines) is 1. The zero-order valence-corrected chi connectivity index (χ0v) is 17.4. The van der Waals surface area contributed by atoms with Crippen LogP contribution in [0.4, 0.5) is 17.2 Å². The fraction of sp³-hybridized carbons (Fsp3) is 0.250. The Bertz CT molecular complexity index is 1050. The van der Waals surface area contributed by atoms with Crippen LogP contribution in [0, 0.1) is 5.92 Å². The Labute approximate surface area is 181 Å². The first kappa shape index (κ1) is 20.5. The topological polar surface area (TPSA) is 87.2 Å². The van der Waals surface area contributed by atoms with Crippen LogP contribution in [0.5, 0.6) is 0 Å². The zero-order chi connectivity index (χ0) is 21.6. The predicted molar refractivity (Wildman–Crippen MR) is 121 cm³/mol. The van der Waals surface area contributed by atoms with E-state index in [-0.39, 0.29) is 17.7 Å². The Morgan fingerprint density at radius 2 is 1.61 bits per heavy atom. The molecule has 2 N–H and O–H groups in total. The van der Waals surface area contributed by atoms with E-state index in [1.54, 1.807) is 11.8 Å². The molecule has 31 heavy (non-hydrogen) atoms. The molecule has 158 valence electrons. The van der Waals surface area contributed by atoms with Gasteiger partial charge in [-0.3, -0.25) is 9.59 Å². The molecule has 0 bridgehead atoms. The lowest BCUT2D eigenvalue weighted by Gasteiger charge is -2.30. The summed E-state index contributed by atoms with van der Waals surface area (Å²) in [5.41, 5.74) is 3.49. The number of rotatable bonds is 5. The van der Waals surface area contributed by atoms with Crippen LogP contribution in [-0.4, -0.2) is 39.8 Å². The first-order valence-corrected chi connectivity index (χ1v) is 10.4. The summed E-state index contributed by atoms with van der Waals surface area (Å²) in [7, 11) is 0. The summed E-state index contributed by atoms with van der Waals surface area (Å²) < 4.78 is 0. The summed E-state index contributed by atoms with van der Waals surface area (Å²) >= 11 is 0. The molecule has 0 aliphatic carbocycles. The van der Waals surface area contributed by atoms with Crippen molar-refractivity contribution in [1.29, 1.82) is 0 Å². The van der Waals surface area contributed by atoms with Crippen molar-refractivity contribution in [2.24, 2.45) is 5.92 Å². The Kier molecular flexibility index (Phi) is 6.21. The Hall–Kier alpha value is -3.74. The highest BCUT2D eigenvalue weighted by atomic mass is 16.2. The van der Waals surface area contributed by atoms with Crippen molar-refractivity contribution in [2.45, 2.75) is 19.8 Å². The first-order valence-electron chi connectivity index (χ1n) is 10.4. The second-order valence-corrected chi connectivity index (χ2v) is 7.63. The minimum Gasteiger partial charge on any atom is -0.343 e. The average Bonchev–Trinajstić information content (AvgIpc) is 2.81. The quantitative estimate of drug-likeness (QED) is 0.656. The molecule has 1 fully saturated rings. The van der Waals surface area contributed by atoms with E-state index < -0.39 is 0 Å². The van der Waals surface area contributed by atoms with Crippen LogP contribution in [0.15, 0.2) is 67.0 Å². The van der Waals surface area contributed by atoms with Gasteiger partial charge >= 0.3 is 0 Å². The largest absolute Gasteiger partial charge is 0.343 e. The highest BCUT2D eigenvalue weighted by molar-refractivity contribution is 5.93. The lowest BCUT2D eigenvalue weighted by molar-refractivity contribution is -0.132. The fourth-order valence-electron chi connectivity index (χ4n) is 3.68. The second kappa shape index (κ2) is 9.38. The van der Waals surface area contributed by atoms with Crippen molar-refractivity contribution in [3.05, 3.63) is 67.0 Å². The summed E-state index contributed by atoms with van der Waals surface area (Å²) in [6.07, 6.45) is 2.93. The third-order valence-electron chi connectivity index (χ3n) is 5.47. The van der Waals surface area contributed by atoms with E-state index in [9.17, 15) is 9.59 Å². The smallest absolute Gasteiger partial charge is 0.227 e. The van der Waals surface area contributed by atoms with Gasteiger partial charge in [0.15, 0.2) is 0 Å². The molecule has 0 spiro atoms. The lowest BCUT2D eigenvalue weighted by Crippen LogP contribution is -2.40. The summed E-state index contributed by atoms with van der Waals surface area (Å²) in [5, 5.41) is 6.25. The van der Waals surface area contributed by atoms with Gasteiger partial charge in [-0.2, -0.15) is 0 Å². The standard InChI is InChI=1S/C24H25N5O2/c1-17(30)29-13-11-19(12-14-29)24(31)28-21-9-7-20(8-10-21)27-23-15-22(25-16-26-23)18-5-3-2-4-6-18/h2-10,15-16,19H,11-14H2,1H3,(H,28,31)(H,25,26,27). The number of carbonyl (C=O) groups is 2. The van der Waals surface area contributed by atoms with E-state index in [1.165, 1.54) is 6.33 Å². The van der Waals surface area contributed by atoms with Crippen molar-refractivity contribution in [3.63, 3.8) is 0 Å². The van der Waals surface area contributed by atoms with Gasteiger partial charge in [0.05, 0.1) is 5.69 Å². The zero-order valence-electron chi connectivity index (χ0n) is 17.4. The van der Waals surface area contributed by atoms with Gasteiger partial charge in [0.1, 0.15) is 12.1 Å². The van der Waals surface area contributed by atoms with E-state index in [0.717, 1.165) is 22.6 Å². The molecule has 7 nitrogen and oxygen atoms in total. The molecule has 0 saturated carbocycles. The minimum absolute atomic E-state index is 0.00668. The summed E-state index contributed by atoms with van der Waals surface area (Å²) in [6, 6.07) is 19.4. The molecule has 2 heterocycles. The van der Waals surface area contributed by atoms with E-state index >= 15 is 0 Å². The molecule has 0 unspecified atom stereocenters. The molecule has 1 saturated heterocycles. The van der Waals surface area contributed by atoms with E-state index in [4.69, 9.17) is 0 Å². The Morgan fingerprint density at radius 1 is 0.935 bits per heavy atom. The Morgan fingerprint density at radius 3 is 2.29 bits per heavy atom. The highest BCUT2D eigenvalue weighted by Crippen LogP contribution is 2.23. The number of aromatic nitrogens is 2. The average molecular weight is 415 g/mol. The molecule has 2 aromatic carbocycles. The van der Waals surface area contributed by atoms with Crippen LogP contribution in [0.1, 0.15) is 19.8 Å². The van der Waals surface area contributed by atoms with Crippen molar-refractivity contribution in [3.8, 4) is 11.3 Å². The third-order valence-corrected chi connectivity index (χ3v) is 5.47. The van der Waals surface area contributed by atoms with Crippen LogP contribution < -0.4 is 10.6 Å². The number of piperidine rings is 1. The van der Waals surface area contributed by atoms with Crippen LogP contribution in [0.2, 0.25) is 0 Å². The van der Waals surface area contributed by atoms with Gasteiger partial charge in [0.25, 0.3) is 0 Å². The van der Waals surface area contributed by atoms with Gasteiger partial charge in [-0.05, 0) is 37.1 Å². The number of amides is 2. The molecule has 4 rings (SSSR count). The van der Waals surface area contributed by atoms with E-state index in [2.05, 4.69) is 20.6 Å². The molecule has 7 heteroatoms. The van der Waals surface area contributed by atoms with Gasteiger partial charge in [-0.1, -0.05) is 30.3 Å².